The highest BCUT2D eigenvalue weighted by Crippen LogP contribution is 2.42. The second-order valence-electron chi connectivity index (χ2n) is 9.55. The van der Waals surface area contributed by atoms with Crippen molar-refractivity contribution in [3.05, 3.63) is 53.6 Å². The lowest BCUT2D eigenvalue weighted by atomic mass is 9.80. The van der Waals surface area contributed by atoms with Gasteiger partial charge in [0.05, 0.1) is 0 Å². The summed E-state index contributed by atoms with van der Waals surface area (Å²) in [6.45, 7) is 18.1. The number of carbonyl (C=O) groups is 1. The molecule has 0 fully saturated rings. The molecule has 146 valence electrons. The first-order valence-electron chi connectivity index (χ1n) is 9.80. The van der Waals surface area contributed by atoms with E-state index < -0.39 is 8.32 Å². The van der Waals surface area contributed by atoms with E-state index in [0.29, 0.717) is 5.56 Å². The molecule has 0 heterocycles. The van der Waals surface area contributed by atoms with Gasteiger partial charge in [0.15, 0.2) is 0 Å². The molecule has 0 aliphatic heterocycles. The smallest absolute Gasteiger partial charge is 0.250 e. The highest BCUT2D eigenvalue weighted by molar-refractivity contribution is 6.74. The Labute approximate surface area is 166 Å². The van der Waals surface area contributed by atoms with Crippen LogP contribution in [-0.2, 0) is 5.41 Å². The quantitative estimate of drug-likeness (QED) is 0.389. The van der Waals surface area contributed by atoms with Gasteiger partial charge in [0.2, 0.25) is 8.32 Å². The van der Waals surface area contributed by atoms with Crippen molar-refractivity contribution in [2.45, 2.75) is 71.5 Å². The maximum atomic E-state index is 11.2. The molecular weight excluding hydrogens is 348 g/mol. The highest BCUT2D eigenvalue weighted by Gasteiger charge is 2.40. The van der Waals surface area contributed by atoms with Gasteiger partial charge >= 0.3 is 0 Å². The minimum Gasteiger partial charge on any atom is -0.543 e. The number of hydrogen-bond acceptors (Lipinski definition) is 2. The van der Waals surface area contributed by atoms with Gasteiger partial charge in [0, 0.05) is 5.56 Å². The van der Waals surface area contributed by atoms with Crippen LogP contribution in [0.4, 0.5) is 0 Å². The summed E-state index contributed by atoms with van der Waals surface area (Å²) in [7, 11) is -1.93. The Morgan fingerprint density at radius 2 is 1.59 bits per heavy atom. The fourth-order valence-electron chi connectivity index (χ4n) is 2.74. The molecule has 0 amide bonds. The molecular formula is C24H34O2Si. The summed E-state index contributed by atoms with van der Waals surface area (Å²) in [6, 6.07) is 14.2. The maximum Gasteiger partial charge on any atom is 0.250 e. The zero-order valence-corrected chi connectivity index (χ0v) is 19.1. The molecule has 0 atom stereocenters. The molecule has 0 unspecified atom stereocenters. The predicted molar refractivity (Wildman–Crippen MR) is 118 cm³/mol. The van der Waals surface area contributed by atoms with Crippen LogP contribution in [-0.4, -0.2) is 14.6 Å². The van der Waals surface area contributed by atoms with Crippen LogP contribution in [0.25, 0.3) is 11.1 Å². The van der Waals surface area contributed by atoms with Gasteiger partial charge in [-0.2, -0.15) is 0 Å². The number of rotatable bonds is 6. The molecule has 0 aliphatic carbocycles. The van der Waals surface area contributed by atoms with Crippen LogP contribution in [0.1, 0.15) is 63.9 Å². The monoisotopic (exact) mass is 382 g/mol. The van der Waals surface area contributed by atoms with Crippen LogP contribution in [0.5, 0.6) is 5.75 Å². The van der Waals surface area contributed by atoms with Gasteiger partial charge in [-0.15, -0.1) is 0 Å². The summed E-state index contributed by atoms with van der Waals surface area (Å²) in [4.78, 5) is 11.2. The van der Waals surface area contributed by atoms with E-state index >= 15 is 0 Å². The van der Waals surface area contributed by atoms with E-state index in [1.54, 1.807) is 0 Å². The van der Waals surface area contributed by atoms with Crippen LogP contribution >= 0.6 is 0 Å². The van der Waals surface area contributed by atoms with Crippen molar-refractivity contribution in [1.29, 1.82) is 0 Å². The number of aldehydes is 1. The summed E-state index contributed by atoms with van der Waals surface area (Å²) in [5.41, 5.74) is 4.13. The first-order chi connectivity index (χ1) is 12.4. The fourth-order valence-corrected chi connectivity index (χ4v) is 3.77. The summed E-state index contributed by atoms with van der Waals surface area (Å²) < 4.78 is 6.70. The van der Waals surface area contributed by atoms with Gasteiger partial charge in [-0.25, -0.2) is 0 Å². The molecule has 3 heteroatoms. The Kier molecular flexibility index (Phi) is 6.05. The van der Waals surface area contributed by atoms with E-state index in [1.807, 2.05) is 18.2 Å². The van der Waals surface area contributed by atoms with Gasteiger partial charge in [0.1, 0.15) is 12.0 Å². The molecule has 0 aromatic heterocycles. The van der Waals surface area contributed by atoms with Gasteiger partial charge < -0.3 is 4.43 Å². The summed E-state index contributed by atoms with van der Waals surface area (Å²) in [5, 5.41) is 0.150. The summed E-state index contributed by atoms with van der Waals surface area (Å²) in [5.74, 6) is 1.00. The molecule has 27 heavy (non-hydrogen) atoms. The first-order valence-corrected chi connectivity index (χ1v) is 12.7. The predicted octanol–water partition coefficient (Wildman–Crippen LogP) is 7.24. The lowest BCUT2D eigenvalue weighted by molar-refractivity contribution is 0.112. The molecule has 0 saturated heterocycles. The van der Waals surface area contributed by atoms with Crippen LogP contribution in [0.3, 0.4) is 0 Å². The average Bonchev–Trinajstić information content (AvgIpc) is 2.60. The fraction of sp³-hybridized carbons (Fsp3) is 0.458. The third-order valence-electron chi connectivity index (χ3n) is 6.12. The van der Waals surface area contributed by atoms with Crippen molar-refractivity contribution in [2.24, 2.45) is 0 Å². The second kappa shape index (κ2) is 7.63. The SMILES string of the molecule is CCC(C)(C)c1cc(-c2cccc(C=O)c2)ccc1O[Si](C)(C)C(C)(C)C. The second-order valence-corrected chi connectivity index (χ2v) is 14.3. The van der Waals surface area contributed by atoms with E-state index in [2.05, 4.69) is 78.9 Å². The molecule has 0 radical (unpaired) electrons. The van der Waals surface area contributed by atoms with Crippen molar-refractivity contribution in [3.63, 3.8) is 0 Å². The van der Waals surface area contributed by atoms with Crippen molar-refractivity contribution >= 4 is 14.6 Å². The van der Waals surface area contributed by atoms with E-state index in [4.69, 9.17) is 4.43 Å². The van der Waals surface area contributed by atoms with Crippen LogP contribution < -0.4 is 4.43 Å². The van der Waals surface area contributed by atoms with E-state index in [-0.39, 0.29) is 10.5 Å². The third-order valence-corrected chi connectivity index (χ3v) is 10.5. The zero-order valence-electron chi connectivity index (χ0n) is 18.1. The van der Waals surface area contributed by atoms with Gasteiger partial charge in [-0.05, 0) is 64.9 Å². The van der Waals surface area contributed by atoms with Gasteiger partial charge in [0.25, 0.3) is 0 Å². The Morgan fingerprint density at radius 1 is 0.963 bits per heavy atom. The van der Waals surface area contributed by atoms with Crippen molar-refractivity contribution in [2.75, 3.05) is 0 Å². The lowest BCUT2D eigenvalue weighted by Crippen LogP contribution is -2.44. The minimum absolute atomic E-state index is 0.00990. The molecule has 0 spiro atoms. The molecule has 0 aliphatic rings. The standard InChI is InChI=1S/C24H34O2Si/c1-9-24(5,6)21-16-20(19-12-10-11-18(15-19)17-25)13-14-22(21)26-27(7,8)23(2,3)4/h10-17H,9H2,1-8H3. The number of hydrogen-bond donors (Lipinski definition) is 0. The largest absolute Gasteiger partial charge is 0.543 e. The van der Waals surface area contributed by atoms with E-state index in [0.717, 1.165) is 29.6 Å². The topological polar surface area (TPSA) is 26.3 Å². The van der Waals surface area contributed by atoms with Gasteiger partial charge in [-0.3, -0.25) is 4.79 Å². The average molecular weight is 383 g/mol. The molecule has 2 rings (SSSR count). The minimum atomic E-state index is -1.93. The summed E-state index contributed by atoms with van der Waals surface area (Å²) in [6.07, 6.45) is 1.92. The van der Waals surface area contributed by atoms with Gasteiger partial charge in [-0.1, -0.05) is 65.8 Å². The number of benzene rings is 2. The number of carbonyl (C=O) groups excluding carboxylic acids is 1. The lowest BCUT2D eigenvalue weighted by Gasteiger charge is -2.38. The first kappa shape index (κ1) is 21.4. The molecule has 0 saturated carbocycles. The Hall–Kier alpha value is -1.87. The molecule has 2 aromatic rings. The Bertz CT molecular complexity index is 813. The maximum absolute atomic E-state index is 11.2. The molecule has 2 aromatic carbocycles. The van der Waals surface area contributed by atoms with Crippen LogP contribution in [0, 0.1) is 0 Å². The van der Waals surface area contributed by atoms with E-state index in [1.165, 1.54) is 5.56 Å². The van der Waals surface area contributed by atoms with Crippen LogP contribution in [0.2, 0.25) is 18.1 Å². The third kappa shape index (κ3) is 4.70. The molecule has 0 bridgehead atoms. The zero-order chi connectivity index (χ0) is 20.5. The Morgan fingerprint density at radius 3 is 2.15 bits per heavy atom. The summed E-state index contributed by atoms with van der Waals surface area (Å²) >= 11 is 0. The van der Waals surface area contributed by atoms with Crippen molar-refractivity contribution in [3.8, 4) is 16.9 Å². The highest BCUT2D eigenvalue weighted by atomic mass is 28.4. The normalized spacial score (nSPS) is 12.7. The Balaban J connectivity index is 2.57. The van der Waals surface area contributed by atoms with Crippen LogP contribution in [0.15, 0.2) is 42.5 Å². The van der Waals surface area contributed by atoms with Crippen molar-refractivity contribution < 1.29 is 9.22 Å². The van der Waals surface area contributed by atoms with E-state index in [9.17, 15) is 4.79 Å². The van der Waals surface area contributed by atoms with Crippen molar-refractivity contribution in [1.82, 2.24) is 0 Å². The molecule has 0 N–H and O–H groups in total. The molecule has 2 nitrogen and oxygen atoms in total.